The molecule has 3 aromatic rings. The minimum atomic E-state index is -0.0463. The minimum Gasteiger partial charge on any atom is -0.496 e. The van der Waals surface area contributed by atoms with Crippen LogP contribution in [0.5, 0.6) is 17.2 Å². The molecule has 0 radical (unpaired) electrons. The number of ether oxygens (including phenoxy) is 3. The van der Waals surface area contributed by atoms with E-state index in [4.69, 9.17) is 14.2 Å². The Kier molecular flexibility index (Phi) is 7.41. The Labute approximate surface area is 197 Å². The summed E-state index contributed by atoms with van der Waals surface area (Å²) in [7, 11) is 4.82. The second-order valence-electron chi connectivity index (χ2n) is 7.81. The molecule has 8 nitrogen and oxygen atoms in total. The van der Waals surface area contributed by atoms with Gasteiger partial charge in [-0.05, 0) is 50.2 Å². The molecule has 0 saturated carbocycles. The topological polar surface area (TPSA) is 85.8 Å². The lowest BCUT2D eigenvalue weighted by Crippen LogP contribution is -2.38. The maximum absolute atomic E-state index is 12.5. The van der Waals surface area contributed by atoms with Gasteiger partial charge in [0.15, 0.2) is 16.5 Å². The summed E-state index contributed by atoms with van der Waals surface area (Å²) in [6.07, 6.45) is 1.90. The third-order valence-corrected chi connectivity index (χ3v) is 6.87. The number of aromatic nitrogens is 2. The molecule has 1 N–H and O–H groups in total. The van der Waals surface area contributed by atoms with Crippen LogP contribution in [0.4, 0.5) is 5.69 Å². The molecule has 0 atom stereocenters. The third kappa shape index (κ3) is 5.43. The molecule has 0 aliphatic carbocycles. The fourth-order valence-electron chi connectivity index (χ4n) is 3.99. The van der Waals surface area contributed by atoms with Crippen LogP contribution in [0.3, 0.4) is 0 Å². The first-order valence-corrected chi connectivity index (χ1v) is 11.6. The van der Waals surface area contributed by atoms with Crippen LogP contribution >= 0.6 is 11.3 Å². The first kappa shape index (κ1) is 23.0. The maximum atomic E-state index is 12.5. The number of hydrogen-bond donors (Lipinski definition) is 1. The summed E-state index contributed by atoms with van der Waals surface area (Å²) < 4.78 is 16.0. The van der Waals surface area contributed by atoms with Crippen LogP contribution in [-0.4, -0.2) is 62.0 Å². The summed E-state index contributed by atoms with van der Waals surface area (Å²) in [6.45, 7) is 2.03. The highest BCUT2D eigenvalue weighted by Crippen LogP contribution is 2.36. The number of carbonyl (C=O) groups excluding carboxylic acids is 1. The van der Waals surface area contributed by atoms with Crippen LogP contribution in [0.2, 0.25) is 0 Å². The van der Waals surface area contributed by atoms with Crippen LogP contribution < -0.4 is 19.5 Å². The first-order chi connectivity index (χ1) is 16.1. The van der Waals surface area contributed by atoms with Gasteiger partial charge in [-0.2, -0.15) is 0 Å². The van der Waals surface area contributed by atoms with Crippen molar-refractivity contribution in [2.75, 3.05) is 46.3 Å². The van der Waals surface area contributed by atoms with Crippen molar-refractivity contribution in [1.29, 1.82) is 0 Å². The number of nitrogens with one attached hydrogen (secondary N) is 1. The second-order valence-corrected chi connectivity index (χ2v) is 8.82. The molecule has 1 fully saturated rings. The van der Waals surface area contributed by atoms with Crippen LogP contribution in [0.15, 0.2) is 42.5 Å². The van der Waals surface area contributed by atoms with Crippen molar-refractivity contribution in [2.24, 2.45) is 0 Å². The standard InChI is InChI=1S/C24H28N4O4S/c1-30-19-7-5-4-6-18(19)24-27-26-23(33-24)16-10-12-28(13-11-16)15-22(29)25-17-8-9-20(31-2)21(14-17)32-3/h4-9,14,16H,10-13,15H2,1-3H3,(H,25,29). The summed E-state index contributed by atoms with van der Waals surface area (Å²) >= 11 is 1.62. The highest BCUT2D eigenvalue weighted by Gasteiger charge is 2.25. The zero-order valence-electron chi connectivity index (χ0n) is 19.0. The number of anilines is 1. The number of carbonyl (C=O) groups is 1. The Balaban J connectivity index is 1.30. The van der Waals surface area contributed by atoms with Crippen LogP contribution in [-0.2, 0) is 4.79 Å². The highest BCUT2D eigenvalue weighted by atomic mass is 32.1. The number of likely N-dealkylation sites (tertiary alicyclic amines) is 1. The summed E-state index contributed by atoms with van der Waals surface area (Å²) in [5.41, 5.74) is 1.65. The van der Waals surface area contributed by atoms with Gasteiger partial charge < -0.3 is 19.5 Å². The lowest BCUT2D eigenvalue weighted by atomic mass is 9.98. The van der Waals surface area contributed by atoms with E-state index in [0.29, 0.717) is 29.6 Å². The fraction of sp³-hybridized carbons (Fsp3) is 0.375. The van der Waals surface area contributed by atoms with Crippen LogP contribution in [0, 0.1) is 0 Å². The Bertz CT molecular complexity index is 1100. The number of piperidine rings is 1. The van der Waals surface area contributed by atoms with E-state index < -0.39 is 0 Å². The second kappa shape index (κ2) is 10.6. The molecular weight excluding hydrogens is 440 g/mol. The molecule has 9 heteroatoms. The van der Waals surface area contributed by atoms with E-state index in [1.165, 1.54) is 0 Å². The van der Waals surface area contributed by atoms with E-state index >= 15 is 0 Å². The molecule has 174 valence electrons. The molecule has 0 bridgehead atoms. The number of amides is 1. The van der Waals surface area contributed by atoms with Gasteiger partial charge in [-0.1, -0.05) is 23.5 Å². The molecule has 2 heterocycles. The Morgan fingerprint density at radius 2 is 1.73 bits per heavy atom. The minimum absolute atomic E-state index is 0.0463. The number of benzene rings is 2. The molecule has 1 aliphatic heterocycles. The molecule has 0 spiro atoms. The lowest BCUT2D eigenvalue weighted by molar-refractivity contribution is -0.117. The van der Waals surface area contributed by atoms with Crippen molar-refractivity contribution in [3.8, 4) is 27.8 Å². The van der Waals surface area contributed by atoms with Gasteiger partial charge in [0, 0.05) is 17.7 Å². The van der Waals surface area contributed by atoms with E-state index in [1.54, 1.807) is 50.9 Å². The molecule has 0 unspecified atom stereocenters. The fourth-order valence-corrected chi connectivity index (χ4v) is 5.03. The number of rotatable bonds is 8. The molecule has 1 amide bonds. The predicted molar refractivity (Wildman–Crippen MR) is 128 cm³/mol. The predicted octanol–water partition coefficient (Wildman–Crippen LogP) is 4.05. The molecular formula is C24H28N4O4S. The molecule has 33 heavy (non-hydrogen) atoms. The lowest BCUT2D eigenvalue weighted by Gasteiger charge is -2.30. The quantitative estimate of drug-likeness (QED) is 0.534. The van der Waals surface area contributed by atoms with Gasteiger partial charge in [-0.3, -0.25) is 9.69 Å². The highest BCUT2D eigenvalue weighted by molar-refractivity contribution is 7.14. The van der Waals surface area contributed by atoms with E-state index in [0.717, 1.165) is 47.3 Å². The number of methoxy groups -OCH3 is 3. The molecule has 4 rings (SSSR count). The smallest absolute Gasteiger partial charge is 0.238 e. The Hall–Kier alpha value is -3.17. The summed E-state index contributed by atoms with van der Waals surface area (Å²) in [4.78, 5) is 14.7. The normalized spacial score (nSPS) is 14.6. The van der Waals surface area contributed by atoms with Gasteiger partial charge in [-0.25, -0.2) is 0 Å². The van der Waals surface area contributed by atoms with Gasteiger partial charge in [0.1, 0.15) is 10.8 Å². The van der Waals surface area contributed by atoms with Gasteiger partial charge in [-0.15, -0.1) is 10.2 Å². The largest absolute Gasteiger partial charge is 0.496 e. The van der Waals surface area contributed by atoms with Crippen LogP contribution in [0.25, 0.3) is 10.6 Å². The number of hydrogen-bond acceptors (Lipinski definition) is 8. The van der Waals surface area contributed by atoms with E-state index in [-0.39, 0.29) is 5.91 Å². The van der Waals surface area contributed by atoms with Crippen molar-refractivity contribution in [2.45, 2.75) is 18.8 Å². The first-order valence-electron chi connectivity index (χ1n) is 10.8. The van der Waals surface area contributed by atoms with E-state index in [2.05, 4.69) is 20.4 Å². The Morgan fingerprint density at radius 1 is 1.00 bits per heavy atom. The molecule has 1 aliphatic rings. The number of nitrogens with zero attached hydrogens (tertiary/aromatic N) is 3. The van der Waals surface area contributed by atoms with Crippen molar-refractivity contribution in [3.63, 3.8) is 0 Å². The van der Waals surface area contributed by atoms with Crippen molar-refractivity contribution in [1.82, 2.24) is 15.1 Å². The van der Waals surface area contributed by atoms with Gasteiger partial charge in [0.2, 0.25) is 5.91 Å². The maximum Gasteiger partial charge on any atom is 0.238 e. The van der Waals surface area contributed by atoms with Gasteiger partial charge >= 0.3 is 0 Å². The molecule has 2 aromatic carbocycles. The van der Waals surface area contributed by atoms with Gasteiger partial charge in [0.25, 0.3) is 0 Å². The van der Waals surface area contributed by atoms with Crippen LogP contribution in [0.1, 0.15) is 23.8 Å². The van der Waals surface area contributed by atoms with Crippen molar-refractivity contribution >= 4 is 22.9 Å². The average Bonchev–Trinajstić information content (AvgIpc) is 3.34. The third-order valence-electron chi connectivity index (χ3n) is 5.75. The summed E-state index contributed by atoms with van der Waals surface area (Å²) in [5.74, 6) is 2.32. The summed E-state index contributed by atoms with van der Waals surface area (Å²) in [5, 5.41) is 13.7. The Morgan fingerprint density at radius 3 is 2.45 bits per heavy atom. The molecule has 1 aromatic heterocycles. The van der Waals surface area contributed by atoms with Crippen molar-refractivity contribution < 1.29 is 19.0 Å². The van der Waals surface area contributed by atoms with Gasteiger partial charge in [0.05, 0.1) is 33.4 Å². The molecule has 1 saturated heterocycles. The van der Waals surface area contributed by atoms with E-state index in [9.17, 15) is 4.79 Å². The zero-order valence-corrected chi connectivity index (χ0v) is 19.9. The average molecular weight is 469 g/mol. The zero-order chi connectivity index (χ0) is 23.2. The monoisotopic (exact) mass is 468 g/mol. The SMILES string of the molecule is COc1ccc(NC(=O)CN2CCC(c3nnc(-c4ccccc4OC)s3)CC2)cc1OC. The number of para-hydroxylation sites is 1. The summed E-state index contributed by atoms with van der Waals surface area (Å²) in [6, 6.07) is 13.2. The van der Waals surface area contributed by atoms with Crippen molar-refractivity contribution in [3.05, 3.63) is 47.5 Å². The van der Waals surface area contributed by atoms with E-state index in [1.807, 2.05) is 24.3 Å².